The van der Waals surface area contributed by atoms with Crippen molar-refractivity contribution in [2.75, 3.05) is 7.11 Å². The number of H-pyrrole nitrogens is 1. The van der Waals surface area contributed by atoms with Crippen LogP contribution in [0.3, 0.4) is 0 Å². The molecular formula is C12H11N3O3. The van der Waals surface area contributed by atoms with E-state index in [4.69, 9.17) is 9.84 Å². The number of aromatic nitrogens is 3. The lowest BCUT2D eigenvalue weighted by Gasteiger charge is -2.04. The van der Waals surface area contributed by atoms with Crippen molar-refractivity contribution >= 4 is 27.9 Å². The molecule has 2 N–H and O–H groups in total. The molecule has 0 aliphatic heterocycles. The highest BCUT2D eigenvalue weighted by atomic mass is 16.5. The SMILES string of the molecule is COc1cccc2c3c(C(=O)O)[nH]nc3n(C)c12. The minimum absolute atomic E-state index is 0.101. The van der Waals surface area contributed by atoms with Crippen molar-refractivity contribution < 1.29 is 14.6 Å². The molecule has 0 saturated carbocycles. The number of methoxy groups -OCH3 is 1. The number of hydrogen-bond donors (Lipinski definition) is 2. The maximum Gasteiger partial charge on any atom is 0.354 e. The van der Waals surface area contributed by atoms with Crippen LogP contribution in [-0.4, -0.2) is 33.0 Å². The van der Waals surface area contributed by atoms with Gasteiger partial charge in [-0.05, 0) is 6.07 Å². The lowest BCUT2D eigenvalue weighted by molar-refractivity contribution is 0.0692. The Balaban J connectivity index is 2.56. The molecule has 1 aromatic carbocycles. The van der Waals surface area contributed by atoms with E-state index in [1.54, 1.807) is 7.11 Å². The Morgan fingerprint density at radius 2 is 2.28 bits per heavy atom. The molecule has 18 heavy (non-hydrogen) atoms. The summed E-state index contributed by atoms with van der Waals surface area (Å²) in [5.41, 5.74) is 1.55. The number of carboxylic acid groups (broad SMARTS) is 1. The highest BCUT2D eigenvalue weighted by molar-refractivity contribution is 6.16. The Bertz CT molecular complexity index is 770. The van der Waals surface area contributed by atoms with Crippen molar-refractivity contribution in [3.05, 3.63) is 23.9 Å². The number of benzene rings is 1. The van der Waals surface area contributed by atoms with Gasteiger partial charge in [-0.1, -0.05) is 12.1 Å². The van der Waals surface area contributed by atoms with Crippen LogP contribution in [0.4, 0.5) is 0 Å². The summed E-state index contributed by atoms with van der Waals surface area (Å²) in [4.78, 5) is 11.2. The molecule has 0 aliphatic rings. The first-order chi connectivity index (χ1) is 8.65. The van der Waals surface area contributed by atoms with E-state index >= 15 is 0 Å². The lowest BCUT2D eigenvalue weighted by atomic mass is 10.1. The normalized spacial score (nSPS) is 11.2. The molecule has 92 valence electrons. The molecule has 0 atom stereocenters. The highest BCUT2D eigenvalue weighted by Gasteiger charge is 2.20. The van der Waals surface area contributed by atoms with E-state index < -0.39 is 5.97 Å². The predicted molar refractivity (Wildman–Crippen MR) is 66.1 cm³/mol. The fraction of sp³-hybridized carbons (Fsp3) is 0.167. The summed E-state index contributed by atoms with van der Waals surface area (Å²) in [5.74, 6) is -0.322. The second-order valence-corrected chi connectivity index (χ2v) is 4.02. The quantitative estimate of drug-likeness (QED) is 0.721. The second-order valence-electron chi connectivity index (χ2n) is 4.02. The van der Waals surface area contributed by atoms with Crippen LogP contribution in [0, 0.1) is 0 Å². The molecule has 3 aromatic rings. The van der Waals surface area contributed by atoms with Crippen LogP contribution < -0.4 is 4.74 Å². The van der Waals surface area contributed by atoms with Crippen LogP contribution >= 0.6 is 0 Å². The van der Waals surface area contributed by atoms with Gasteiger partial charge in [0.25, 0.3) is 0 Å². The molecule has 2 heterocycles. The van der Waals surface area contributed by atoms with Crippen LogP contribution in [-0.2, 0) is 7.05 Å². The van der Waals surface area contributed by atoms with Gasteiger partial charge in [0.2, 0.25) is 0 Å². The maximum atomic E-state index is 11.2. The average molecular weight is 245 g/mol. The number of hydrogen-bond acceptors (Lipinski definition) is 3. The monoisotopic (exact) mass is 245 g/mol. The van der Waals surface area contributed by atoms with Crippen LogP contribution in [0.2, 0.25) is 0 Å². The maximum absolute atomic E-state index is 11.2. The number of fused-ring (bicyclic) bond motifs is 3. The summed E-state index contributed by atoms with van der Waals surface area (Å²) < 4.78 is 7.13. The van der Waals surface area contributed by atoms with Gasteiger partial charge in [0.05, 0.1) is 18.0 Å². The number of nitrogens with zero attached hydrogens (tertiary/aromatic N) is 2. The molecule has 0 radical (unpaired) electrons. The van der Waals surface area contributed by atoms with Crippen molar-refractivity contribution in [3.63, 3.8) is 0 Å². The van der Waals surface area contributed by atoms with E-state index in [2.05, 4.69) is 10.2 Å². The Labute approximate surface area is 102 Å². The van der Waals surface area contributed by atoms with Gasteiger partial charge in [0.15, 0.2) is 11.3 Å². The number of aromatic amines is 1. The number of aromatic carboxylic acids is 1. The number of ether oxygens (including phenoxy) is 1. The number of carbonyl (C=O) groups is 1. The van der Waals surface area contributed by atoms with Crippen LogP contribution in [0.5, 0.6) is 5.75 Å². The summed E-state index contributed by atoms with van der Waals surface area (Å²) in [6.45, 7) is 0. The van der Waals surface area contributed by atoms with E-state index in [1.807, 2.05) is 29.8 Å². The Morgan fingerprint density at radius 3 is 2.94 bits per heavy atom. The van der Waals surface area contributed by atoms with E-state index in [1.165, 1.54) is 0 Å². The van der Waals surface area contributed by atoms with Gasteiger partial charge in [0, 0.05) is 12.4 Å². The molecular weight excluding hydrogens is 234 g/mol. The average Bonchev–Trinajstić information content (AvgIpc) is 2.90. The number of aryl methyl sites for hydroxylation is 1. The van der Waals surface area contributed by atoms with Gasteiger partial charge in [-0.25, -0.2) is 4.79 Å². The minimum atomic E-state index is -1.02. The zero-order valence-electron chi connectivity index (χ0n) is 9.89. The number of para-hydroxylation sites is 1. The first kappa shape index (κ1) is 10.6. The fourth-order valence-electron chi connectivity index (χ4n) is 2.33. The van der Waals surface area contributed by atoms with Gasteiger partial charge in [-0.15, -0.1) is 0 Å². The third-order valence-corrected chi connectivity index (χ3v) is 3.10. The van der Waals surface area contributed by atoms with Crippen molar-refractivity contribution in [2.45, 2.75) is 0 Å². The molecule has 0 spiro atoms. The Morgan fingerprint density at radius 1 is 1.50 bits per heavy atom. The van der Waals surface area contributed by atoms with Crippen molar-refractivity contribution in [3.8, 4) is 5.75 Å². The van der Waals surface area contributed by atoms with E-state index in [0.717, 1.165) is 10.9 Å². The lowest BCUT2D eigenvalue weighted by Crippen LogP contribution is -1.97. The van der Waals surface area contributed by atoms with Crippen LogP contribution in [0.15, 0.2) is 18.2 Å². The molecule has 2 aromatic heterocycles. The topological polar surface area (TPSA) is 80.1 Å². The molecule has 0 bridgehead atoms. The summed E-state index contributed by atoms with van der Waals surface area (Å²) in [5, 5.41) is 17.2. The molecule has 6 nitrogen and oxygen atoms in total. The van der Waals surface area contributed by atoms with Crippen molar-refractivity contribution in [1.29, 1.82) is 0 Å². The smallest absolute Gasteiger partial charge is 0.354 e. The second kappa shape index (κ2) is 3.49. The molecule has 6 heteroatoms. The van der Waals surface area contributed by atoms with E-state index in [-0.39, 0.29) is 5.69 Å². The third-order valence-electron chi connectivity index (χ3n) is 3.10. The predicted octanol–water partition coefficient (Wildman–Crippen LogP) is 1.76. The molecule has 0 saturated heterocycles. The van der Waals surface area contributed by atoms with Gasteiger partial charge in [0.1, 0.15) is 5.75 Å². The van der Waals surface area contributed by atoms with Gasteiger partial charge in [-0.3, -0.25) is 5.10 Å². The number of rotatable bonds is 2. The fourth-order valence-corrected chi connectivity index (χ4v) is 2.33. The van der Waals surface area contributed by atoms with E-state index in [0.29, 0.717) is 16.8 Å². The van der Waals surface area contributed by atoms with Crippen molar-refractivity contribution in [1.82, 2.24) is 14.8 Å². The molecule has 0 fully saturated rings. The Kier molecular flexibility index (Phi) is 2.07. The van der Waals surface area contributed by atoms with Gasteiger partial charge >= 0.3 is 5.97 Å². The summed E-state index contributed by atoms with van der Waals surface area (Å²) in [7, 11) is 3.42. The largest absolute Gasteiger partial charge is 0.495 e. The summed E-state index contributed by atoms with van der Waals surface area (Å²) in [6.07, 6.45) is 0. The summed E-state index contributed by atoms with van der Waals surface area (Å²) in [6, 6.07) is 5.53. The standard InChI is InChI=1S/C12H11N3O3/c1-15-10-6(4-3-5-7(10)18-2)8-9(12(16)17)13-14-11(8)15/h3-5H,1-2H3,(H,13,14)(H,16,17). The molecule has 3 rings (SSSR count). The zero-order chi connectivity index (χ0) is 12.9. The minimum Gasteiger partial charge on any atom is -0.495 e. The molecule has 0 amide bonds. The zero-order valence-corrected chi connectivity index (χ0v) is 9.89. The summed E-state index contributed by atoms with van der Waals surface area (Å²) >= 11 is 0. The molecule has 0 aliphatic carbocycles. The van der Waals surface area contributed by atoms with E-state index in [9.17, 15) is 4.79 Å². The first-order valence-electron chi connectivity index (χ1n) is 5.38. The third kappa shape index (κ3) is 1.17. The number of nitrogens with one attached hydrogen (secondary N) is 1. The van der Waals surface area contributed by atoms with Crippen LogP contribution in [0.25, 0.3) is 21.9 Å². The molecule has 0 unspecified atom stereocenters. The van der Waals surface area contributed by atoms with Gasteiger partial charge in [-0.2, -0.15) is 5.10 Å². The first-order valence-corrected chi connectivity index (χ1v) is 5.38. The number of carboxylic acids is 1. The Hall–Kier alpha value is -2.50. The van der Waals surface area contributed by atoms with Gasteiger partial charge < -0.3 is 14.4 Å². The highest BCUT2D eigenvalue weighted by Crippen LogP contribution is 2.34. The van der Waals surface area contributed by atoms with Crippen molar-refractivity contribution in [2.24, 2.45) is 7.05 Å². The van der Waals surface area contributed by atoms with Crippen LogP contribution in [0.1, 0.15) is 10.5 Å².